The molecule has 1 heterocycles. The predicted molar refractivity (Wildman–Crippen MR) is 88.4 cm³/mol. The van der Waals surface area contributed by atoms with E-state index in [2.05, 4.69) is 15.5 Å². The number of nitrogens with one attached hydrogen (secondary N) is 2. The summed E-state index contributed by atoms with van der Waals surface area (Å²) < 4.78 is 13.6. The number of aromatic amines is 1. The highest BCUT2D eigenvalue weighted by Gasteiger charge is 2.13. The number of H-pyrrole nitrogens is 1. The first-order valence-electron chi connectivity index (χ1n) is 6.61. The third-order valence-corrected chi connectivity index (χ3v) is 3.59. The standard InChI is InChI=1S/C16H10Cl2FN3O/c17-10-3-1-2-9(6-10)13-8-15(22-21-13)16(23)20-14-7-11(18)4-5-12(14)19/h1-8H,(H,20,23)(H,21,22). The SMILES string of the molecule is O=C(Nc1cc(Cl)ccc1F)c1cc(-c2cccc(Cl)c2)n[nH]1. The molecule has 3 rings (SSSR count). The van der Waals surface area contributed by atoms with Gasteiger partial charge in [0.25, 0.3) is 5.91 Å². The lowest BCUT2D eigenvalue weighted by molar-refractivity contribution is 0.102. The highest BCUT2D eigenvalue weighted by Crippen LogP contribution is 2.23. The molecule has 0 unspecified atom stereocenters. The van der Waals surface area contributed by atoms with Crippen LogP contribution in [-0.4, -0.2) is 16.1 Å². The molecule has 0 atom stereocenters. The Labute approximate surface area is 141 Å². The number of rotatable bonds is 3. The Morgan fingerprint density at radius 2 is 1.87 bits per heavy atom. The minimum absolute atomic E-state index is 0.00130. The number of amides is 1. The van der Waals surface area contributed by atoms with Gasteiger partial charge in [0.1, 0.15) is 11.5 Å². The van der Waals surface area contributed by atoms with Crippen molar-refractivity contribution >= 4 is 34.8 Å². The van der Waals surface area contributed by atoms with E-state index in [1.807, 2.05) is 6.07 Å². The van der Waals surface area contributed by atoms with Gasteiger partial charge in [0.2, 0.25) is 0 Å². The second kappa shape index (κ2) is 6.40. The third-order valence-electron chi connectivity index (χ3n) is 3.12. The summed E-state index contributed by atoms with van der Waals surface area (Å²) in [5.41, 5.74) is 1.52. The van der Waals surface area contributed by atoms with Crippen LogP contribution >= 0.6 is 23.2 Å². The van der Waals surface area contributed by atoms with Gasteiger partial charge in [-0.3, -0.25) is 9.89 Å². The van der Waals surface area contributed by atoms with E-state index < -0.39 is 11.7 Å². The van der Waals surface area contributed by atoms with Crippen LogP contribution in [0.5, 0.6) is 0 Å². The van der Waals surface area contributed by atoms with Crippen LogP contribution in [0, 0.1) is 5.82 Å². The van der Waals surface area contributed by atoms with E-state index in [1.165, 1.54) is 18.2 Å². The molecule has 7 heteroatoms. The summed E-state index contributed by atoms with van der Waals surface area (Å²) in [6.45, 7) is 0. The first kappa shape index (κ1) is 15.5. The smallest absolute Gasteiger partial charge is 0.273 e. The number of hydrogen-bond acceptors (Lipinski definition) is 2. The average Bonchev–Trinajstić information content (AvgIpc) is 3.01. The van der Waals surface area contributed by atoms with Crippen LogP contribution in [0.3, 0.4) is 0 Å². The Hall–Kier alpha value is -2.37. The lowest BCUT2D eigenvalue weighted by atomic mass is 10.1. The minimum atomic E-state index is -0.572. The van der Waals surface area contributed by atoms with E-state index in [-0.39, 0.29) is 11.4 Å². The molecule has 0 aliphatic rings. The van der Waals surface area contributed by atoms with Crippen molar-refractivity contribution in [2.24, 2.45) is 0 Å². The molecule has 2 N–H and O–H groups in total. The molecule has 2 aromatic carbocycles. The minimum Gasteiger partial charge on any atom is -0.318 e. The van der Waals surface area contributed by atoms with Crippen LogP contribution in [0.1, 0.15) is 10.5 Å². The van der Waals surface area contributed by atoms with Crippen LogP contribution in [-0.2, 0) is 0 Å². The number of benzene rings is 2. The molecule has 0 aliphatic heterocycles. The van der Waals surface area contributed by atoms with Crippen LogP contribution in [0.2, 0.25) is 10.0 Å². The van der Waals surface area contributed by atoms with E-state index in [1.54, 1.807) is 24.3 Å². The number of carbonyl (C=O) groups excluding carboxylic acids is 1. The molecule has 4 nitrogen and oxygen atoms in total. The van der Waals surface area contributed by atoms with Crippen molar-refractivity contribution in [3.8, 4) is 11.3 Å². The lowest BCUT2D eigenvalue weighted by Crippen LogP contribution is -2.13. The molecule has 0 spiro atoms. The zero-order chi connectivity index (χ0) is 16.4. The van der Waals surface area contributed by atoms with Gasteiger partial charge in [-0.2, -0.15) is 5.10 Å². The maximum absolute atomic E-state index is 13.6. The molecule has 0 saturated carbocycles. The van der Waals surface area contributed by atoms with Gasteiger partial charge in [0, 0.05) is 15.6 Å². The molecule has 0 bridgehead atoms. The largest absolute Gasteiger partial charge is 0.318 e. The Balaban J connectivity index is 1.82. The topological polar surface area (TPSA) is 57.8 Å². The Bertz CT molecular complexity index is 879. The van der Waals surface area contributed by atoms with Crippen LogP contribution < -0.4 is 5.32 Å². The molecule has 0 saturated heterocycles. The number of carbonyl (C=O) groups is 1. The molecule has 1 aromatic heterocycles. The fourth-order valence-electron chi connectivity index (χ4n) is 2.02. The normalized spacial score (nSPS) is 10.6. The number of halogens is 3. The quantitative estimate of drug-likeness (QED) is 0.715. The van der Waals surface area contributed by atoms with Gasteiger partial charge < -0.3 is 5.32 Å². The number of hydrogen-bond donors (Lipinski definition) is 2. The fourth-order valence-corrected chi connectivity index (χ4v) is 2.38. The first-order chi connectivity index (χ1) is 11.0. The first-order valence-corrected chi connectivity index (χ1v) is 7.36. The highest BCUT2D eigenvalue weighted by atomic mass is 35.5. The number of anilines is 1. The lowest BCUT2D eigenvalue weighted by Gasteiger charge is -2.05. The van der Waals surface area contributed by atoms with Crippen LogP contribution in [0.25, 0.3) is 11.3 Å². The van der Waals surface area contributed by atoms with Crippen molar-refractivity contribution in [2.45, 2.75) is 0 Å². The molecule has 23 heavy (non-hydrogen) atoms. The zero-order valence-corrected chi connectivity index (χ0v) is 13.1. The van der Waals surface area contributed by atoms with E-state index in [9.17, 15) is 9.18 Å². The van der Waals surface area contributed by atoms with Crippen molar-refractivity contribution in [3.63, 3.8) is 0 Å². The van der Waals surface area contributed by atoms with Crippen molar-refractivity contribution in [1.29, 1.82) is 0 Å². The fraction of sp³-hybridized carbons (Fsp3) is 0. The second-order valence-electron chi connectivity index (χ2n) is 4.76. The van der Waals surface area contributed by atoms with Gasteiger partial charge in [-0.05, 0) is 36.4 Å². The molecular weight excluding hydrogens is 340 g/mol. The Kier molecular flexibility index (Phi) is 4.32. The van der Waals surface area contributed by atoms with Gasteiger partial charge in [-0.15, -0.1) is 0 Å². The van der Waals surface area contributed by atoms with Crippen molar-refractivity contribution in [1.82, 2.24) is 10.2 Å². The Morgan fingerprint density at radius 1 is 1.09 bits per heavy atom. The maximum Gasteiger partial charge on any atom is 0.273 e. The monoisotopic (exact) mass is 349 g/mol. The summed E-state index contributed by atoms with van der Waals surface area (Å²) in [6, 6.07) is 12.6. The summed E-state index contributed by atoms with van der Waals surface area (Å²) >= 11 is 11.7. The van der Waals surface area contributed by atoms with E-state index in [0.29, 0.717) is 15.7 Å². The van der Waals surface area contributed by atoms with Crippen molar-refractivity contribution in [3.05, 3.63) is 70.1 Å². The summed E-state index contributed by atoms with van der Waals surface area (Å²) in [7, 11) is 0. The predicted octanol–water partition coefficient (Wildman–Crippen LogP) is 4.77. The van der Waals surface area contributed by atoms with Gasteiger partial charge in [-0.25, -0.2) is 4.39 Å². The van der Waals surface area contributed by atoms with Crippen LogP contribution in [0.4, 0.5) is 10.1 Å². The molecule has 116 valence electrons. The third kappa shape index (κ3) is 3.52. The maximum atomic E-state index is 13.6. The molecule has 1 amide bonds. The molecule has 0 radical (unpaired) electrons. The van der Waals surface area contributed by atoms with Gasteiger partial charge in [0.15, 0.2) is 0 Å². The van der Waals surface area contributed by atoms with Crippen molar-refractivity contribution in [2.75, 3.05) is 5.32 Å². The van der Waals surface area contributed by atoms with E-state index in [0.717, 1.165) is 5.56 Å². The summed E-state index contributed by atoms with van der Waals surface area (Å²) in [5.74, 6) is -1.09. The van der Waals surface area contributed by atoms with Gasteiger partial charge >= 0.3 is 0 Å². The average molecular weight is 350 g/mol. The van der Waals surface area contributed by atoms with Gasteiger partial charge in [0.05, 0.1) is 11.4 Å². The van der Waals surface area contributed by atoms with E-state index in [4.69, 9.17) is 23.2 Å². The summed E-state index contributed by atoms with van der Waals surface area (Å²) in [5, 5.41) is 10.0. The molecule has 0 fully saturated rings. The van der Waals surface area contributed by atoms with Gasteiger partial charge in [-0.1, -0.05) is 35.3 Å². The number of aromatic nitrogens is 2. The second-order valence-corrected chi connectivity index (χ2v) is 5.63. The van der Waals surface area contributed by atoms with E-state index >= 15 is 0 Å². The summed E-state index contributed by atoms with van der Waals surface area (Å²) in [6.07, 6.45) is 0. The molecule has 0 aliphatic carbocycles. The highest BCUT2D eigenvalue weighted by molar-refractivity contribution is 6.31. The number of nitrogens with zero attached hydrogens (tertiary/aromatic N) is 1. The molecule has 3 aromatic rings. The summed E-state index contributed by atoms with van der Waals surface area (Å²) in [4.78, 5) is 12.2. The zero-order valence-electron chi connectivity index (χ0n) is 11.6. The molecular formula is C16H10Cl2FN3O. The van der Waals surface area contributed by atoms with Crippen molar-refractivity contribution < 1.29 is 9.18 Å². The Morgan fingerprint density at radius 3 is 2.65 bits per heavy atom. The van der Waals surface area contributed by atoms with Crippen LogP contribution in [0.15, 0.2) is 48.5 Å².